The van der Waals surface area contributed by atoms with E-state index in [0.29, 0.717) is 16.9 Å². The summed E-state index contributed by atoms with van der Waals surface area (Å²) >= 11 is 5.93. The maximum atomic E-state index is 5.93. The predicted octanol–water partition coefficient (Wildman–Crippen LogP) is 4.29. The standard InChI is InChI=1S/C15H22ClNO/c1-15(2,3)14(11-6-8-18-9-7-11)13-5-4-12(16)10-17-13/h4-5,10-11,14H,6-9H2,1-3H3. The third-order valence-electron chi connectivity index (χ3n) is 3.74. The van der Waals surface area contributed by atoms with Gasteiger partial charge in [-0.1, -0.05) is 32.4 Å². The molecule has 0 aromatic carbocycles. The maximum Gasteiger partial charge on any atom is 0.0589 e. The highest BCUT2D eigenvalue weighted by Crippen LogP contribution is 2.43. The molecule has 0 saturated carbocycles. The van der Waals surface area contributed by atoms with E-state index < -0.39 is 0 Å². The maximum absolute atomic E-state index is 5.93. The molecule has 0 bridgehead atoms. The normalized spacial score (nSPS) is 19.8. The number of halogens is 1. The second-order valence-corrected chi connectivity index (χ2v) is 6.63. The number of hydrogen-bond donors (Lipinski definition) is 0. The highest BCUT2D eigenvalue weighted by atomic mass is 35.5. The Balaban J connectivity index is 2.27. The van der Waals surface area contributed by atoms with Crippen molar-refractivity contribution in [2.75, 3.05) is 13.2 Å². The molecule has 2 nitrogen and oxygen atoms in total. The molecule has 2 heterocycles. The van der Waals surface area contributed by atoms with E-state index in [2.05, 4.69) is 31.8 Å². The quantitative estimate of drug-likeness (QED) is 0.797. The Kier molecular flexibility index (Phi) is 4.29. The van der Waals surface area contributed by atoms with Crippen molar-refractivity contribution in [3.63, 3.8) is 0 Å². The molecule has 1 aliphatic rings. The van der Waals surface area contributed by atoms with Gasteiger partial charge < -0.3 is 4.74 Å². The average molecular weight is 268 g/mol. The molecule has 0 amide bonds. The lowest BCUT2D eigenvalue weighted by Gasteiger charge is -2.38. The molecule has 1 fully saturated rings. The van der Waals surface area contributed by atoms with Gasteiger partial charge in [0.05, 0.1) is 5.02 Å². The molecule has 1 aromatic heterocycles. The molecule has 0 aliphatic carbocycles. The predicted molar refractivity (Wildman–Crippen MR) is 75.0 cm³/mol. The second kappa shape index (κ2) is 5.58. The Hall–Kier alpha value is -0.600. The molecule has 1 atom stereocenters. The Bertz CT molecular complexity index is 376. The molecule has 3 heteroatoms. The lowest BCUT2D eigenvalue weighted by molar-refractivity contribution is 0.0411. The van der Waals surface area contributed by atoms with Crippen molar-refractivity contribution >= 4 is 11.6 Å². The first-order valence-electron chi connectivity index (χ1n) is 6.67. The van der Waals surface area contributed by atoms with Crippen LogP contribution in [0.15, 0.2) is 18.3 Å². The Morgan fingerprint density at radius 1 is 1.28 bits per heavy atom. The van der Waals surface area contributed by atoms with Crippen molar-refractivity contribution in [2.24, 2.45) is 11.3 Å². The monoisotopic (exact) mass is 267 g/mol. The lowest BCUT2D eigenvalue weighted by atomic mass is 9.69. The van der Waals surface area contributed by atoms with Gasteiger partial charge in [-0.2, -0.15) is 0 Å². The fraction of sp³-hybridized carbons (Fsp3) is 0.667. The largest absolute Gasteiger partial charge is 0.381 e. The van der Waals surface area contributed by atoms with Gasteiger partial charge in [-0.3, -0.25) is 4.98 Å². The van der Waals surface area contributed by atoms with E-state index in [4.69, 9.17) is 16.3 Å². The number of hydrogen-bond acceptors (Lipinski definition) is 2. The van der Waals surface area contributed by atoms with E-state index in [0.717, 1.165) is 26.1 Å². The summed E-state index contributed by atoms with van der Waals surface area (Å²) in [6.45, 7) is 8.64. The smallest absolute Gasteiger partial charge is 0.0589 e. The summed E-state index contributed by atoms with van der Waals surface area (Å²) in [6.07, 6.45) is 4.02. The third-order valence-corrected chi connectivity index (χ3v) is 3.96. The van der Waals surface area contributed by atoms with Crippen LogP contribution < -0.4 is 0 Å². The molecule has 0 radical (unpaired) electrons. The minimum atomic E-state index is 0.211. The summed E-state index contributed by atoms with van der Waals surface area (Å²) in [5.74, 6) is 1.13. The van der Waals surface area contributed by atoms with Gasteiger partial charge in [-0.15, -0.1) is 0 Å². The SMILES string of the molecule is CC(C)(C)C(c1ccc(Cl)cn1)C1CCOCC1. The van der Waals surface area contributed by atoms with Crippen molar-refractivity contribution in [1.82, 2.24) is 4.98 Å². The number of rotatable bonds is 2. The van der Waals surface area contributed by atoms with E-state index in [9.17, 15) is 0 Å². The fourth-order valence-corrected chi connectivity index (χ4v) is 3.12. The second-order valence-electron chi connectivity index (χ2n) is 6.19. The van der Waals surface area contributed by atoms with Gasteiger partial charge in [0.1, 0.15) is 0 Å². The van der Waals surface area contributed by atoms with Crippen LogP contribution in [-0.4, -0.2) is 18.2 Å². The molecule has 1 aromatic rings. The van der Waals surface area contributed by atoms with Crippen LogP contribution >= 0.6 is 11.6 Å². The van der Waals surface area contributed by atoms with Gasteiger partial charge in [0, 0.05) is 31.0 Å². The van der Waals surface area contributed by atoms with Crippen molar-refractivity contribution in [3.8, 4) is 0 Å². The van der Waals surface area contributed by atoms with Crippen molar-refractivity contribution in [3.05, 3.63) is 29.0 Å². The molecule has 0 spiro atoms. The molecule has 1 unspecified atom stereocenters. The zero-order valence-corrected chi connectivity index (χ0v) is 12.2. The summed E-state index contributed by atoms with van der Waals surface area (Å²) in [5, 5.41) is 0.707. The molecule has 0 N–H and O–H groups in total. The summed E-state index contributed by atoms with van der Waals surface area (Å²) < 4.78 is 5.48. The summed E-state index contributed by atoms with van der Waals surface area (Å²) in [7, 11) is 0. The third kappa shape index (κ3) is 3.24. The minimum absolute atomic E-state index is 0.211. The fourth-order valence-electron chi connectivity index (χ4n) is 3.01. The number of ether oxygens (including phenoxy) is 1. The molecule has 18 heavy (non-hydrogen) atoms. The molecule has 1 aliphatic heterocycles. The van der Waals surface area contributed by atoms with Gasteiger partial charge in [-0.25, -0.2) is 0 Å². The molecule has 2 rings (SSSR count). The van der Waals surface area contributed by atoms with Gasteiger partial charge in [-0.05, 0) is 36.3 Å². The van der Waals surface area contributed by atoms with Crippen molar-refractivity contribution in [1.29, 1.82) is 0 Å². The molecule has 100 valence electrons. The Morgan fingerprint density at radius 2 is 1.94 bits per heavy atom. The minimum Gasteiger partial charge on any atom is -0.381 e. The van der Waals surface area contributed by atoms with Crippen LogP contribution in [0.1, 0.15) is 45.2 Å². The highest BCUT2D eigenvalue weighted by Gasteiger charge is 2.35. The summed E-state index contributed by atoms with van der Waals surface area (Å²) in [6, 6.07) is 4.02. The van der Waals surface area contributed by atoms with Crippen LogP contribution in [0.4, 0.5) is 0 Å². The first-order valence-corrected chi connectivity index (χ1v) is 7.05. The number of pyridine rings is 1. The Morgan fingerprint density at radius 3 is 2.44 bits per heavy atom. The lowest BCUT2D eigenvalue weighted by Crippen LogP contribution is -2.31. The first-order chi connectivity index (χ1) is 8.48. The van der Waals surface area contributed by atoms with E-state index in [-0.39, 0.29) is 5.41 Å². The molecule has 1 saturated heterocycles. The van der Waals surface area contributed by atoms with Crippen LogP contribution in [0.25, 0.3) is 0 Å². The van der Waals surface area contributed by atoms with Crippen molar-refractivity contribution in [2.45, 2.75) is 39.5 Å². The van der Waals surface area contributed by atoms with E-state index in [1.165, 1.54) is 5.69 Å². The number of nitrogens with zero attached hydrogens (tertiary/aromatic N) is 1. The van der Waals surface area contributed by atoms with E-state index in [1.807, 2.05) is 6.07 Å². The van der Waals surface area contributed by atoms with E-state index >= 15 is 0 Å². The van der Waals surface area contributed by atoms with Crippen LogP contribution in [0.2, 0.25) is 5.02 Å². The average Bonchev–Trinajstić information content (AvgIpc) is 2.32. The first kappa shape index (κ1) is 13.8. The zero-order valence-electron chi connectivity index (χ0n) is 11.4. The number of aromatic nitrogens is 1. The van der Waals surface area contributed by atoms with Crippen LogP contribution in [0, 0.1) is 11.3 Å². The van der Waals surface area contributed by atoms with Crippen LogP contribution in [-0.2, 0) is 4.74 Å². The van der Waals surface area contributed by atoms with Gasteiger partial charge in [0.2, 0.25) is 0 Å². The topological polar surface area (TPSA) is 22.1 Å². The van der Waals surface area contributed by atoms with Gasteiger partial charge in [0.15, 0.2) is 0 Å². The van der Waals surface area contributed by atoms with E-state index in [1.54, 1.807) is 6.20 Å². The highest BCUT2D eigenvalue weighted by molar-refractivity contribution is 6.30. The van der Waals surface area contributed by atoms with Crippen LogP contribution in [0.3, 0.4) is 0 Å². The van der Waals surface area contributed by atoms with Gasteiger partial charge in [0.25, 0.3) is 0 Å². The van der Waals surface area contributed by atoms with Crippen LogP contribution in [0.5, 0.6) is 0 Å². The summed E-state index contributed by atoms with van der Waals surface area (Å²) in [5.41, 5.74) is 1.38. The molecular weight excluding hydrogens is 246 g/mol. The van der Waals surface area contributed by atoms with Gasteiger partial charge >= 0.3 is 0 Å². The Labute approximate surface area is 115 Å². The van der Waals surface area contributed by atoms with Crippen molar-refractivity contribution < 1.29 is 4.74 Å². The molecular formula is C15H22ClNO. The summed E-state index contributed by atoms with van der Waals surface area (Å²) in [4.78, 5) is 4.55. The zero-order chi connectivity index (χ0) is 13.2.